The Kier molecular flexibility index (Phi) is 4.93. The molecule has 0 unspecified atom stereocenters. The van der Waals surface area contributed by atoms with Crippen LogP contribution in [-0.2, 0) is 10.9 Å². The number of aromatic nitrogens is 2. The van der Waals surface area contributed by atoms with E-state index in [0.29, 0.717) is 43.7 Å². The zero-order valence-electron chi connectivity index (χ0n) is 13.5. The summed E-state index contributed by atoms with van der Waals surface area (Å²) in [5.41, 5.74) is -0.581. The smallest absolute Gasteiger partial charge is 0.416 e. The van der Waals surface area contributed by atoms with Gasteiger partial charge in [0, 0.05) is 19.2 Å². The van der Waals surface area contributed by atoms with Gasteiger partial charge in [-0.3, -0.25) is 0 Å². The summed E-state index contributed by atoms with van der Waals surface area (Å²) in [6.07, 6.45) is -3.07. The van der Waals surface area contributed by atoms with Gasteiger partial charge in [0.05, 0.1) is 31.6 Å². The van der Waals surface area contributed by atoms with Gasteiger partial charge in [-0.15, -0.1) is 0 Å². The van der Waals surface area contributed by atoms with Gasteiger partial charge in [-0.2, -0.15) is 13.2 Å². The van der Waals surface area contributed by atoms with Crippen molar-refractivity contribution in [2.75, 3.05) is 43.6 Å². The molecule has 1 saturated heterocycles. The van der Waals surface area contributed by atoms with Crippen LogP contribution in [-0.4, -0.2) is 43.4 Å². The number of ether oxygens (including phenoxy) is 2. The summed E-state index contributed by atoms with van der Waals surface area (Å²) >= 11 is 0. The van der Waals surface area contributed by atoms with E-state index >= 15 is 0 Å². The largest absolute Gasteiger partial charge is 0.495 e. The third-order valence-corrected chi connectivity index (χ3v) is 3.78. The lowest BCUT2D eigenvalue weighted by atomic mass is 10.1. The molecule has 0 saturated carbocycles. The standard InChI is InChI=1S/C16H17F3N4O2/c1-24-13-3-2-11(16(17,18)19)8-12(13)22-14-9-15(21-10-20-14)23-4-6-25-7-5-23/h2-3,8-10H,4-7H2,1H3,(H,20,21,22). The molecule has 0 radical (unpaired) electrons. The van der Waals surface area contributed by atoms with Crippen molar-refractivity contribution in [1.82, 2.24) is 9.97 Å². The number of morpholine rings is 1. The molecule has 1 fully saturated rings. The number of hydrogen-bond acceptors (Lipinski definition) is 6. The van der Waals surface area contributed by atoms with Gasteiger partial charge in [0.25, 0.3) is 0 Å². The van der Waals surface area contributed by atoms with Crippen molar-refractivity contribution in [3.8, 4) is 5.75 Å². The van der Waals surface area contributed by atoms with Gasteiger partial charge in [-0.1, -0.05) is 0 Å². The summed E-state index contributed by atoms with van der Waals surface area (Å²) in [5, 5.41) is 2.88. The first-order chi connectivity index (χ1) is 12.0. The highest BCUT2D eigenvalue weighted by Crippen LogP contribution is 2.36. The molecule has 2 aromatic rings. The van der Waals surface area contributed by atoms with E-state index in [2.05, 4.69) is 15.3 Å². The molecule has 0 atom stereocenters. The van der Waals surface area contributed by atoms with Gasteiger partial charge in [0.1, 0.15) is 23.7 Å². The Morgan fingerprint density at radius 3 is 2.60 bits per heavy atom. The van der Waals surface area contributed by atoms with E-state index in [9.17, 15) is 13.2 Å². The van der Waals surface area contributed by atoms with Crippen molar-refractivity contribution in [2.24, 2.45) is 0 Å². The van der Waals surface area contributed by atoms with E-state index in [0.717, 1.165) is 12.1 Å². The van der Waals surface area contributed by atoms with Gasteiger partial charge in [-0.05, 0) is 18.2 Å². The molecule has 134 valence electrons. The van der Waals surface area contributed by atoms with Crippen LogP contribution in [0, 0.1) is 0 Å². The minimum Gasteiger partial charge on any atom is -0.495 e. The average molecular weight is 354 g/mol. The molecule has 9 heteroatoms. The number of alkyl halides is 3. The Labute approximate surface area is 142 Å². The van der Waals surface area contributed by atoms with Crippen LogP contribution in [0.3, 0.4) is 0 Å². The van der Waals surface area contributed by atoms with Crippen molar-refractivity contribution in [1.29, 1.82) is 0 Å². The molecule has 1 aromatic heterocycles. The Morgan fingerprint density at radius 1 is 1.16 bits per heavy atom. The highest BCUT2D eigenvalue weighted by molar-refractivity contribution is 5.66. The van der Waals surface area contributed by atoms with Crippen LogP contribution >= 0.6 is 0 Å². The lowest BCUT2D eigenvalue weighted by Gasteiger charge is -2.27. The van der Waals surface area contributed by atoms with Crippen LogP contribution in [0.4, 0.5) is 30.5 Å². The molecular formula is C16H17F3N4O2. The van der Waals surface area contributed by atoms with E-state index in [4.69, 9.17) is 9.47 Å². The second-order valence-corrected chi connectivity index (χ2v) is 5.40. The number of hydrogen-bond donors (Lipinski definition) is 1. The first-order valence-electron chi connectivity index (χ1n) is 7.64. The second-order valence-electron chi connectivity index (χ2n) is 5.40. The molecule has 1 N–H and O–H groups in total. The predicted molar refractivity (Wildman–Crippen MR) is 86.3 cm³/mol. The minimum absolute atomic E-state index is 0.184. The predicted octanol–water partition coefficient (Wildman–Crippen LogP) is 3.08. The van der Waals surface area contributed by atoms with Gasteiger partial charge >= 0.3 is 6.18 Å². The monoisotopic (exact) mass is 354 g/mol. The zero-order valence-corrected chi connectivity index (χ0v) is 13.5. The molecule has 0 bridgehead atoms. The second kappa shape index (κ2) is 7.14. The summed E-state index contributed by atoms with van der Waals surface area (Å²) in [7, 11) is 1.40. The lowest BCUT2D eigenvalue weighted by molar-refractivity contribution is -0.137. The third-order valence-electron chi connectivity index (χ3n) is 3.78. The first kappa shape index (κ1) is 17.3. The molecule has 25 heavy (non-hydrogen) atoms. The Hall–Kier alpha value is -2.55. The third kappa shape index (κ3) is 4.11. The van der Waals surface area contributed by atoms with Gasteiger partial charge in [-0.25, -0.2) is 9.97 Å². The normalized spacial score (nSPS) is 15.1. The van der Waals surface area contributed by atoms with Gasteiger partial charge < -0.3 is 19.7 Å². The number of nitrogens with one attached hydrogen (secondary N) is 1. The molecule has 1 aliphatic heterocycles. The summed E-state index contributed by atoms with van der Waals surface area (Å²) < 4.78 is 49.2. The van der Waals surface area contributed by atoms with E-state index in [1.165, 1.54) is 19.5 Å². The lowest BCUT2D eigenvalue weighted by Crippen LogP contribution is -2.36. The van der Waals surface area contributed by atoms with Crippen LogP contribution in [0.25, 0.3) is 0 Å². The fraction of sp³-hybridized carbons (Fsp3) is 0.375. The number of rotatable bonds is 4. The maximum Gasteiger partial charge on any atom is 0.416 e. The fourth-order valence-corrected chi connectivity index (χ4v) is 2.50. The van der Waals surface area contributed by atoms with Crippen molar-refractivity contribution >= 4 is 17.3 Å². The molecule has 0 spiro atoms. The van der Waals surface area contributed by atoms with Crippen LogP contribution in [0.2, 0.25) is 0 Å². The topological polar surface area (TPSA) is 59.5 Å². The van der Waals surface area contributed by atoms with E-state index < -0.39 is 11.7 Å². The van der Waals surface area contributed by atoms with Crippen LogP contribution < -0.4 is 15.0 Å². The van der Waals surface area contributed by atoms with Crippen molar-refractivity contribution in [3.05, 3.63) is 36.2 Å². The van der Waals surface area contributed by atoms with E-state index in [-0.39, 0.29) is 5.69 Å². The molecule has 0 amide bonds. The molecule has 3 rings (SSSR count). The maximum atomic E-state index is 12.9. The summed E-state index contributed by atoms with van der Waals surface area (Å²) in [4.78, 5) is 10.3. The van der Waals surface area contributed by atoms with Gasteiger partial charge in [0.15, 0.2) is 0 Å². The van der Waals surface area contributed by atoms with Crippen molar-refractivity contribution in [3.63, 3.8) is 0 Å². The molecule has 2 heterocycles. The fourth-order valence-electron chi connectivity index (χ4n) is 2.50. The summed E-state index contributed by atoms with van der Waals surface area (Å²) in [6.45, 7) is 2.61. The van der Waals surface area contributed by atoms with Crippen LogP contribution in [0.5, 0.6) is 5.75 Å². The van der Waals surface area contributed by atoms with Crippen LogP contribution in [0.1, 0.15) is 5.56 Å². The highest BCUT2D eigenvalue weighted by Gasteiger charge is 2.31. The zero-order chi connectivity index (χ0) is 17.9. The number of methoxy groups -OCH3 is 1. The molecule has 0 aliphatic carbocycles. The Morgan fingerprint density at radius 2 is 1.92 bits per heavy atom. The highest BCUT2D eigenvalue weighted by atomic mass is 19.4. The number of nitrogens with zero attached hydrogens (tertiary/aromatic N) is 3. The maximum absolute atomic E-state index is 12.9. The molecule has 6 nitrogen and oxygen atoms in total. The first-order valence-corrected chi connectivity index (χ1v) is 7.64. The molecule has 1 aliphatic rings. The SMILES string of the molecule is COc1ccc(C(F)(F)F)cc1Nc1cc(N2CCOCC2)ncn1. The van der Waals surface area contributed by atoms with Crippen molar-refractivity contribution in [2.45, 2.75) is 6.18 Å². The number of benzene rings is 1. The number of halogens is 3. The summed E-state index contributed by atoms with van der Waals surface area (Å²) in [6, 6.07) is 4.93. The average Bonchev–Trinajstić information content (AvgIpc) is 2.62. The Bertz CT molecular complexity index is 734. The number of anilines is 3. The van der Waals surface area contributed by atoms with E-state index in [1.54, 1.807) is 6.07 Å². The van der Waals surface area contributed by atoms with Gasteiger partial charge in [0.2, 0.25) is 0 Å². The summed E-state index contributed by atoms with van der Waals surface area (Å²) in [5.74, 6) is 1.36. The quantitative estimate of drug-likeness (QED) is 0.911. The van der Waals surface area contributed by atoms with Crippen molar-refractivity contribution < 1.29 is 22.6 Å². The van der Waals surface area contributed by atoms with Crippen LogP contribution in [0.15, 0.2) is 30.6 Å². The Balaban J connectivity index is 1.86. The van der Waals surface area contributed by atoms with E-state index in [1.807, 2.05) is 4.90 Å². The molecule has 1 aromatic carbocycles. The minimum atomic E-state index is -4.44. The molecular weight excluding hydrogens is 337 g/mol.